The molecule has 136 valence electrons. The molecule has 0 bridgehead atoms. The Bertz CT molecular complexity index is 588. The molecular formula is C19H27N3O3. The maximum atomic E-state index is 12.6. The smallest absolute Gasteiger partial charge is 0.253 e. The van der Waals surface area contributed by atoms with Gasteiger partial charge in [0, 0.05) is 50.7 Å². The SMILES string of the molecule is CCc1ccc(C(=O)N2CCN(C(=O)CC3COCCN3)CC2)cc1. The van der Waals surface area contributed by atoms with E-state index in [9.17, 15) is 9.59 Å². The number of benzene rings is 1. The van der Waals surface area contributed by atoms with Crippen molar-refractivity contribution < 1.29 is 14.3 Å². The van der Waals surface area contributed by atoms with Gasteiger partial charge in [0.05, 0.1) is 13.2 Å². The first-order valence-corrected chi connectivity index (χ1v) is 9.14. The van der Waals surface area contributed by atoms with Gasteiger partial charge in [-0.1, -0.05) is 19.1 Å². The highest BCUT2D eigenvalue weighted by Crippen LogP contribution is 2.12. The van der Waals surface area contributed by atoms with Crippen LogP contribution in [0.3, 0.4) is 0 Å². The van der Waals surface area contributed by atoms with E-state index in [1.54, 1.807) is 0 Å². The Hall–Kier alpha value is -1.92. The molecule has 1 N–H and O–H groups in total. The lowest BCUT2D eigenvalue weighted by atomic mass is 10.1. The number of morpholine rings is 1. The van der Waals surface area contributed by atoms with E-state index in [4.69, 9.17) is 4.74 Å². The second-order valence-corrected chi connectivity index (χ2v) is 6.65. The van der Waals surface area contributed by atoms with E-state index in [-0.39, 0.29) is 17.9 Å². The Morgan fingerprint density at radius 2 is 1.80 bits per heavy atom. The molecule has 2 heterocycles. The minimum Gasteiger partial charge on any atom is -0.378 e. The summed E-state index contributed by atoms with van der Waals surface area (Å²) in [7, 11) is 0. The third-order valence-corrected chi connectivity index (χ3v) is 4.95. The maximum absolute atomic E-state index is 12.6. The van der Waals surface area contributed by atoms with Gasteiger partial charge in [-0.3, -0.25) is 9.59 Å². The van der Waals surface area contributed by atoms with E-state index in [1.807, 2.05) is 34.1 Å². The number of ether oxygens (including phenoxy) is 1. The molecule has 0 aliphatic carbocycles. The molecule has 0 saturated carbocycles. The van der Waals surface area contributed by atoms with Gasteiger partial charge in [0.15, 0.2) is 0 Å². The predicted molar refractivity (Wildman–Crippen MR) is 95.5 cm³/mol. The molecule has 1 unspecified atom stereocenters. The maximum Gasteiger partial charge on any atom is 0.253 e. The van der Waals surface area contributed by atoms with Crippen LogP contribution in [0.4, 0.5) is 0 Å². The van der Waals surface area contributed by atoms with Crippen LogP contribution in [-0.4, -0.2) is 73.6 Å². The largest absolute Gasteiger partial charge is 0.378 e. The molecule has 1 aromatic carbocycles. The van der Waals surface area contributed by atoms with Crippen LogP contribution in [0.2, 0.25) is 0 Å². The molecule has 6 heteroatoms. The van der Waals surface area contributed by atoms with Crippen molar-refractivity contribution in [2.75, 3.05) is 45.9 Å². The van der Waals surface area contributed by atoms with E-state index in [1.165, 1.54) is 5.56 Å². The number of amides is 2. The van der Waals surface area contributed by atoms with Crippen LogP contribution in [0.25, 0.3) is 0 Å². The predicted octanol–water partition coefficient (Wildman–Crippen LogP) is 0.912. The van der Waals surface area contributed by atoms with E-state index in [2.05, 4.69) is 12.2 Å². The van der Waals surface area contributed by atoms with E-state index >= 15 is 0 Å². The van der Waals surface area contributed by atoms with Crippen molar-refractivity contribution in [1.29, 1.82) is 0 Å². The van der Waals surface area contributed by atoms with Crippen LogP contribution in [0.5, 0.6) is 0 Å². The number of carbonyl (C=O) groups is 2. The monoisotopic (exact) mass is 345 g/mol. The Kier molecular flexibility index (Phi) is 6.04. The average Bonchev–Trinajstić information content (AvgIpc) is 2.68. The number of aryl methyl sites for hydroxylation is 1. The van der Waals surface area contributed by atoms with Gasteiger partial charge in [0.25, 0.3) is 5.91 Å². The molecule has 25 heavy (non-hydrogen) atoms. The van der Waals surface area contributed by atoms with Crippen molar-refractivity contribution in [3.63, 3.8) is 0 Å². The molecule has 2 aliphatic heterocycles. The first kappa shape index (κ1) is 17.9. The fourth-order valence-corrected chi connectivity index (χ4v) is 3.32. The molecule has 2 aliphatic rings. The summed E-state index contributed by atoms with van der Waals surface area (Å²) < 4.78 is 5.40. The van der Waals surface area contributed by atoms with Crippen LogP contribution < -0.4 is 5.32 Å². The zero-order valence-electron chi connectivity index (χ0n) is 14.9. The molecule has 2 amide bonds. The lowest BCUT2D eigenvalue weighted by Gasteiger charge is -2.36. The summed E-state index contributed by atoms with van der Waals surface area (Å²) in [4.78, 5) is 28.7. The van der Waals surface area contributed by atoms with Gasteiger partial charge < -0.3 is 19.9 Å². The molecule has 0 radical (unpaired) electrons. The molecule has 6 nitrogen and oxygen atoms in total. The van der Waals surface area contributed by atoms with Crippen LogP contribution in [0.15, 0.2) is 24.3 Å². The van der Waals surface area contributed by atoms with Gasteiger partial charge in [-0.15, -0.1) is 0 Å². The van der Waals surface area contributed by atoms with Crippen LogP contribution in [0.1, 0.15) is 29.3 Å². The van der Waals surface area contributed by atoms with Crippen molar-refractivity contribution in [3.05, 3.63) is 35.4 Å². The van der Waals surface area contributed by atoms with Crippen molar-refractivity contribution in [2.45, 2.75) is 25.8 Å². The van der Waals surface area contributed by atoms with Crippen molar-refractivity contribution >= 4 is 11.8 Å². The topological polar surface area (TPSA) is 61.9 Å². The third-order valence-electron chi connectivity index (χ3n) is 4.95. The van der Waals surface area contributed by atoms with Crippen LogP contribution in [-0.2, 0) is 16.0 Å². The summed E-state index contributed by atoms with van der Waals surface area (Å²) in [6.07, 6.45) is 1.43. The number of nitrogens with one attached hydrogen (secondary N) is 1. The number of piperazine rings is 1. The van der Waals surface area contributed by atoms with Gasteiger partial charge in [0.2, 0.25) is 5.91 Å². The van der Waals surface area contributed by atoms with E-state index in [0.717, 1.165) is 18.5 Å². The van der Waals surface area contributed by atoms with E-state index < -0.39 is 0 Å². The zero-order valence-corrected chi connectivity index (χ0v) is 14.9. The number of nitrogens with zero attached hydrogens (tertiary/aromatic N) is 2. The molecule has 0 aromatic heterocycles. The summed E-state index contributed by atoms with van der Waals surface area (Å²) >= 11 is 0. The highest BCUT2D eigenvalue weighted by Gasteiger charge is 2.26. The Morgan fingerprint density at radius 1 is 1.12 bits per heavy atom. The number of hydrogen-bond donors (Lipinski definition) is 1. The van der Waals surface area contributed by atoms with Crippen LogP contribution in [0, 0.1) is 0 Å². The first-order valence-electron chi connectivity index (χ1n) is 9.14. The molecule has 1 atom stereocenters. The molecule has 1 aromatic rings. The Balaban J connectivity index is 1.48. The number of rotatable bonds is 4. The summed E-state index contributed by atoms with van der Waals surface area (Å²) in [5.41, 5.74) is 1.95. The van der Waals surface area contributed by atoms with Crippen LogP contribution >= 0.6 is 0 Å². The van der Waals surface area contributed by atoms with Crippen molar-refractivity contribution in [1.82, 2.24) is 15.1 Å². The summed E-state index contributed by atoms with van der Waals surface area (Å²) in [5.74, 6) is 0.194. The van der Waals surface area contributed by atoms with Gasteiger partial charge >= 0.3 is 0 Å². The van der Waals surface area contributed by atoms with E-state index in [0.29, 0.717) is 45.8 Å². The standard InChI is InChI=1S/C19H27N3O3/c1-2-15-3-5-16(6-4-15)19(24)22-10-8-21(9-11-22)18(23)13-17-14-25-12-7-20-17/h3-6,17,20H,2,7-14H2,1H3. The zero-order chi connectivity index (χ0) is 17.6. The molecule has 0 spiro atoms. The Morgan fingerprint density at radius 3 is 2.40 bits per heavy atom. The number of carbonyl (C=O) groups excluding carboxylic acids is 2. The van der Waals surface area contributed by atoms with Gasteiger partial charge in [-0.2, -0.15) is 0 Å². The lowest BCUT2D eigenvalue weighted by molar-refractivity contribution is -0.133. The highest BCUT2D eigenvalue weighted by atomic mass is 16.5. The van der Waals surface area contributed by atoms with Crippen molar-refractivity contribution in [3.8, 4) is 0 Å². The first-order chi connectivity index (χ1) is 12.2. The molecule has 2 saturated heterocycles. The van der Waals surface area contributed by atoms with Gasteiger partial charge in [-0.25, -0.2) is 0 Å². The quantitative estimate of drug-likeness (QED) is 0.881. The minimum absolute atomic E-state index is 0.0529. The third kappa shape index (κ3) is 4.58. The Labute approximate surface area is 149 Å². The molecule has 3 rings (SSSR count). The number of hydrogen-bond acceptors (Lipinski definition) is 4. The average molecular weight is 345 g/mol. The fourth-order valence-electron chi connectivity index (χ4n) is 3.32. The lowest BCUT2D eigenvalue weighted by Crippen LogP contribution is -2.52. The highest BCUT2D eigenvalue weighted by molar-refractivity contribution is 5.94. The summed E-state index contributed by atoms with van der Waals surface area (Å²) in [5, 5.41) is 3.31. The summed E-state index contributed by atoms with van der Waals surface area (Å²) in [6, 6.07) is 7.91. The minimum atomic E-state index is 0.0529. The van der Waals surface area contributed by atoms with Crippen molar-refractivity contribution in [2.24, 2.45) is 0 Å². The van der Waals surface area contributed by atoms with Gasteiger partial charge in [0.1, 0.15) is 0 Å². The normalized spacial score (nSPS) is 21.2. The van der Waals surface area contributed by atoms with Gasteiger partial charge in [-0.05, 0) is 24.1 Å². The second kappa shape index (κ2) is 8.45. The second-order valence-electron chi connectivity index (χ2n) is 6.65. The fraction of sp³-hybridized carbons (Fsp3) is 0.579. The summed E-state index contributed by atoms with van der Waals surface area (Å²) in [6.45, 7) is 6.60. The molecular weight excluding hydrogens is 318 g/mol. The molecule has 2 fully saturated rings.